The van der Waals surface area contributed by atoms with Crippen molar-refractivity contribution in [3.8, 4) is 0 Å². The van der Waals surface area contributed by atoms with Gasteiger partial charge in [-0.1, -0.05) is 30.3 Å². The smallest absolute Gasteiger partial charge is 0.224 e. The van der Waals surface area contributed by atoms with E-state index < -0.39 is 0 Å². The van der Waals surface area contributed by atoms with E-state index in [0.29, 0.717) is 5.56 Å². The van der Waals surface area contributed by atoms with E-state index in [0.717, 1.165) is 14.8 Å². The number of ketones is 1. The molecule has 0 unspecified atom stereocenters. The van der Waals surface area contributed by atoms with E-state index in [1.165, 1.54) is 0 Å². The number of Topliss-reactive ketones (excluding diaryl/α,β-unsaturated/α-hetero) is 1. The molecule has 0 spiro atoms. The molecule has 0 aliphatic heterocycles. The number of aryl methyl sites for hydroxylation is 1. The second-order valence-electron chi connectivity index (χ2n) is 4.79. The molecule has 0 bridgehead atoms. The van der Waals surface area contributed by atoms with Crippen molar-refractivity contribution in [1.29, 1.82) is 0 Å². The van der Waals surface area contributed by atoms with Crippen LogP contribution in [0.5, 0.6) is 0 Å². The van der Waals surface area contributed by atoms with Gasteiger partial charge >= 0.3 is 0 Å². The molecule has 2 aromatic rings. The number of anilines is 1. The Morgan fingerprint density at radius 3 is 2.33 bits per heavy atom. The van der Waals surface area contributed by atoms with E-state index in [9.17, 15) is 9.59 Å². The molecule has 1 N–H and O–H groups in total. The van der Waals surface area contributed by atoms with Crippen molar-refractivity contribution < 1.29 is 9.59 Å². The van der Waals surface area contributed by atoms with Crippen LogP contribution in [0.3, 0.4) is 0 Å². The summed E-state index contributed by atoms with van der Waals surface area (Å²) in [4.78, 5) is 23.9. The van der Waals surface area contributed by atoms with E-state index in [4.69, 9.17) is 0 Å². The zero-order chi connectivity index (χ0) is 15.2. The first-order valence-electron chi connectivity index (χ1n) is 6.70. The topological polar surface area (TPSA) is 46.2 Å². The van der Waals surface area contributed by atoms with Crippen molar-refractivity contribution >= 4 is 40.0 Å². The lowest BCUT2D eigenvalue weighted by Gasteiger charge is -2.07. The third-order valence-corrected chi connectivity index (χ3v) is 3.88. The molecule has 0 atom stereocenters. The first-order valence-corrected chi connectivity index (χ1v) is 7.78. The maximum atomic E-state index is 12.0. The molecule has 0 heterocycles. The Bertz CT molecular complexity index is 650. The Labute approximate surface area is 137 Å². The fourth-order valence-electron chi connectivity index (χ4n) is 1.93. The van der Waals surface area contributed by atoms with Gasteiger partial charge in [-0.3, -0.25) is 9.59 Å². The summed E-state index contributed by atoms with van der Waals surface area (Å²) in [5.41, 5.74) is 2.46. The lowest BCUT2D eigenvalue weighted by atomic mass is 10.1. The Hall–Kier alpha value is -1.69. The number of halogens is 1. The minimum Gasteiger partial charge on any atom is -0.326 e. The van der Waals surface area contributed by atoms with Crippen molar-refractivity contribution in [1.82, 2.24) is 0 Å². The van der Waals surface area contributed by atoms with Gasteiger partial charge in [0.2, 0.25) is 5.91 Å². The molecule has 0 aromatic heterocycles. The Morgan fingerprint density at radius 2 is 1.67 bits per heavy atom. The molecule has 0 fully saturated rings. The highest BCUT2D eigenvalue weighted by Crippen LogP contribution is 2.14. The van der Waals surface area contributed by atoms with Gasteiger partial charge < -0.3 is 5.32 Å². The third-order valence-electron chi connectivity index (χ3n) is 3.16. The van der Waals surface area contributed by atoms with Crippen molar-refractivity contribution in [2.24, 2.45) is 0 Å². The molecule has 0 saturated heterocycles. The molecule has 21 heavy (non-hydrogen) atoms. The number of carbonyl (C=O) groups excluding carboxylic acids is 2. The van der Waals surface area contributed by atoms with Gasteiger partial charge in [0.15, 0.2) is 5.78 Å². The first-order chi connectivity index (χ1) is 10.1. The summed E-state index contributed by atoms with van der Waals surface area (Å²) in [6.45, 7) is 1.94. The van der Waals surface area contributed by atoms with Crippen molar-refractivity contribution in [3.63, 3.8) is 0 Å². The number of nitrogens with one attached hydrogen (secondary N) is 1. The van der Waals surface area contributed by atoms with Crippen LogP contribution in [-0.2, 0) is 4.79 Å². The molecule has 0 aliphatic carbocycles. The van der Waals surface area contributed by atoms with E-state index in [-0.39, 0.29) is 24.5 Å². The fraction of sp³-hybridized carbons (Fsp3) is 0.176. The molecule has 2 rings (SSSR count). The normalized spacial score (nSPS) is 10.2. The van der Waals surface area contributed by atoms with Gasteiger partial charge in [-0.2, -0.15) is 0 Å². The standard InChI is InChI=1S/C17H16INO2/c1-12-4-2-3-5-15(12)19-17(21)11-10-16(20)13-6-8-14(18)9-7-13/h2-9H,10-11H2,1H3,(H,19,21). The quantitative estimate of drug-likeness (QED) is 0.612. The highest BCUT2D eigenvalue weighted by atomic mass is 127. The molecule has 1 amide bonds. The predicted octanol–water partition coefficient (Wildman–Crippen LogP) is 4.20. The van der Waals surface area contributed by atoms with Crippen LogP contribution in [0, 0.1) is 10.5 Å². The number of hydrogen-bond acceptors (Lipinski definition) is 2. The van der Waals surface area contributed by atoms with E-state index in [1.807, 2.05) is 43.3 Å². The average Bonchev–Trinajstić information content (AvgIpc) is 2.48. The number of rotatable bonds is 5. The average molecular weight is 393 g/mol. The lowest BCUT2D eigenvalue weighted by Crippen LogP contribution is -2.14. The Balaban J connectivity index is 1.88. The lowest BCUT2D eigenvalue weighted by molar-refractivity contribution is -0.116. The maximum absolute atomic E-state index is 12.0. The summed E-state index contributed by atoms with van der Waals surface area (Å²) in [5.74, 6) is -0.144. The van der Waals surface area contributed by atoms with Gasteiger partial charge in [0, 0.05) is 27.7 Å². The van der Waals surface area contributed by atoms with Crippen LogP contribution < -0.4 is 5.32 Å². The minimum absolute atomic E-state index is 0.00802. The number of carbonyl (C=O) groups is 2. The van der Waals surface area contributed by atoms with Gasteiger partial charge in [-0.25, -0.2) is 0 Å². The van der Waals surface area contributed by atoms with Crippen LogP contribution in [-0.4, -0.2) is 11.7 Å². The molecule has 0 aliphatic rings. The van der Waals surface area contributed by atoms with Crippen LogP contribution in [0.2, 0.25) is 0 Å². The monoisotopic (exact) mass is 393 g/mol. The highest BCUT2D eigenvalue weighted by molar-refractivity contribution is 14.1. The second-order valence-corrected chi connectivity index (χ2v) is 6.04. The number of hydrogen-bond donors (Lipinski definition) is 1. The number of para-hydroxylation sites is 1. The zero-order valence-corrected chi connectivity index (χ0v) is 13.9. The van der Waals surface area contributed by atoms with E-state index in [2.05, 4.69) is 27.9 Å². The van der Waals surface area contributed by atoms with Crippen LogP contribution in [0.25, 0.3) is 0 Å². The molecule has 0 radical (unpaired) electrons. The van der Waals surface area contributed by atoms with Gasteiger partial charge in [0.1, 0.15) is 0 Å². The van der Waals surface area contributed by atoms with Gasteiger partial charge in [-0.05, 0) is 53.3 Å². The summed E-state index contributed by atoms with van der Waals surface area (Å²) in [6, 6.07) is 15.0. The summed E-state index contributed by atoms with van der Waals surface area (Å²) in [6.07, 6.45) is 0.414. The predicted molar refractivity (Wildman–Crippen MR) is 92.5 cm³/mol. The molecule has 4 heteroatoms. The Morgan fingerprint density at radius 1 is 1.00 bits per heavy atom. The molecule has 108 valence electrons. The zero-order valence-electron chi connectivity index (χ0n) is 11.7. The second kappa shape index (κ2) is 7.36. The maximum Gasteiger partial charge on any atom is 0.224 e. The van der Waals surface area contributed by atoms with Crippen molar-refractivity contribution in [2.45, 2.75) is 19.8 Å². The van der Waals surface area contributed by atoms with Crippen LogP contribution in [0.15, 0.2) is 48.5 Å². The van der Waals surface area contributed by atoms with E-state index in [1.54, 1.807) is 12.1 Å². The van der Waals surface area contributed by atoms with Crippen LogP contribution in [0.1, 0.15) is 28.8 Å². The molecule has 3 nitrogen and oxygen atoms in total. The first kappa shape index (κ1) is 15.7. The van der Waals surface area contributed by atoms with Gasteiger partial charge in [0.05, 0.1) is 0 Å². The highest BCUT2D eigenvalue weighted by Gasteiger charge is 2.10. The fourth-order valence-corrected chi connectivity index (χ4v) is 2.29. The summed E-state index contributed by atoms with van der Waals surface area (Å²) < 4.78 is 1.08. The molecular weight excluding hydrogens is 377 g/mol. The Kier molecular flexibility index (Phi) is 5.50. The van der Waals surface area contributed by atoms with E-state index >= 15 is 0 Å². The van der Waals surface area contributed by atoms with Gasteiger partial charge in [0.25, 0.3) is 0 Å². The number of amides is 1. The molecule has 2 aromatic carbocycles. The van der Waals surface area contributed by atoms with Crippen molar-refractivity contribution in [2.75, 3.05) is 5.32 Å². The minimum atomic E-state index is -0.136. The van der Waals surface area contributed by atoms with Crippen LogP contribution >= 0.6 is 22.6 Å². The van der Waals surface area contributed by atoms with Crippen molar-refractivity contribution in [3.05, 3.63) is 63.2 Å². The largest absolute Gasteiger partial charge is 0.326 e. The molecule has 0 saturated carbocycles. The summed E-state index contributed by atoms with van der Waals surface area (Å²) >= 11 is 2.19. The third kappa shape index (κ3) is 4.67. The summed E-state index contributed by atoms with van der Waals surface area (Å²) in [7, 11) is 0. The van der Waals surface area contributed by atoms with Gasteiger partial charge in [-0.15, -0.1) is 0 Å². The molecular formula is C17H16INO2. The van der Waals surface area contributed by atoms with Crippen LogP contribution in [0.4, 0.5) is 5.69 Å². The number of benzene rings is 2. The summed E-state index contributed by atoms with van der Waals surface area (Å²) in [5, 5.41) is 2.83. The SMILES string of the molecule is Cc1ccccc1NC(=O)CCC(=O)c1ccc(I)cc1.